The third kappa shape index (κ3) is 5.44. The number of para-hydroxylation sites is 2. The summed E-state index contributed by atoms with van der Waals surface area (Å²) in [6.45, 7) is 3.86. The van der Waals surface area contributed by atoms with Gasteiger partial charge >= 0.3 is 0 Å². The number of nitrogens with one attached hydrogen (secondary N) is 1. The molecule has 1 N–H and O–H groups in total. The molecule has 118 valence electrons. The molecule has 0 radical (unpaired) electrons. The zero-order valence-corrected chi connectivity index (χ0v) is 13.2. The fourth-order valence-electron chi connectivity index (χ4n) is 2.24. The van der Waals surface area contributed by atoms with E-state index in [0.717, 1.165) is 32.6 Å². The van der Waals surface area contributed by atoms with E-state index in [-0.39, 0.29) is 18.3 Å². The van der Waals surface area contributed by atoms with Crippen LogP contribution in [0.5, 0.6) is 11.5 Å². The van der Waals surface area contributed by atoms with Gasteiger partial charge in [0.25, 0.3) is 0 Å². The average molecular weight is 315 g/mol. The van der Waals surface area contributed by atoms with Crippen LogP contribution in [0.1, 0.15) is 12.8 Å². The van der Waals surface area contributed by atoms with Gasteiger partial charge in [-0.1, -0.05) is 12.1 Å². The van der Waals surface area contributed by atoms with Gasteiger partial charge in [0.15, 0.2) is 11.5 Å². The van der Waals surface area contributed by atoms with E-state index >= 15 is 0 Å². The first-order valence-electron chi connectivity index (χ1n) is 7.05. The molecular formula is C15H23ClN2O3. The Morgan fingerprint density at radius 3 is 2.76 bits per heavy atom. The average Bonchev–Trinajstić information content (AvgIpc) is 2.77. The van der Waals surface area contributed by atoms with E-state index in [0.29, 0.717) is 24.5 Å². The predicted octanol–water partition coefficient (Wildman–Crippen LogP) is 1.71. The van der Waals surface area contributed by atoms with E-state index in [1.165, 1.54) is 0 Å². The maximum atomic E-state index is 12.1. The quantitative estimate of drug-likeness (QED) is 0.899. The summed E-state index contributed by atoms with van der Waals surface area (Å²) >= 11 is 0. The third-order valence-electron chi connectivity index (χ3n) is 3.34. The number of carbonyl (C=O) groups excluding carboxylic acids is 1. The summed E-state index contributed by atoms with van der Waals surface area (Å²) < 4.78 is 10.8. The number of methoxy groups -OCH3 is 1. The number of amides is 1. The minimum Gasteiger partial charge on any atom is -0.493 e. The van der Waals surface area contributed by atoms with Gasteiger partial charge in [0.2, 0.25) is 5.91 Å². The second kappa shape index (κ2) is 9.47. The zero-order valence-electron chi connectivity index (χ0n) is 12.3. The van der Waals surface area contributed by atoms with Crippen molar-refractivity contribution < 1.29 is 14.3 Å². The molecule has 5 nitrogen and oxygen atoms in total. The van der Waals surface area contributed by atoms with Gasteiger partial charge in [-0.25, -0.2) is 0 Å². The van der Waals surface area contributed by atoms with Crippen molar-refractivity contribution in [2.24, 2.45) is 0 Å². The standard InChI is InChI=1S/C15H22N2O3.ClH/c1-19-13-5-2-3-6-14(13)20-12-7-15(18)17-10-4-8-16-9-11-17;/h2-3,5-6,16H,4,7-12H2,1H3;1H. The molecule has 0 saturated carbocycles. The van der Waals surface area contributed by atoms with Crippen molar-refractivity contribution in [3.8, 4) is 11.5 Å². The maximum absolute atomic E-state index is 12.1. The van der Waals surface area contributed by atoms with Crippen LogP contribution in [-0.4, -0.2) is 50.7 Å². The Balaban J connectivity index is 0.00000220. The molecule has 1 aromatic carbocycles. The minimum atomic E-state index is 0. The molecule has 0 bridgehead atoms. The van der Waals surface area contributed by atoms with Gasteiger partial charge in [-0.2, -0.15) is 0 Å². The lowest BCUT2D eigenvalue weighted by molar-refractivity contribution is -0.131. The first-order chi connectivity index (χ1) is 9.81. The molecule has 0 unspecified atom stereocenters. The topological polar surface area (TPSA) is 50.8 Å². The van der Waals surface area contributed by atoms with Crippen LogP contribution in [0.2, 0.25) is 0 Å². The van der Waals surface area contributed by atoms with Gasteiger partial charge in [0.05, 0.1) is 20.1 Å². The predicted molar refractivity (Wildman–Crippen MR) is 84.4 cm³/mol. The van der Waals surface area contributed by atoms with Gasteiger partial charge < -0.3 is 19.7 Å². The molecule has 1 heterocycles. The number of carbonyl (C=O) groups is 1. The highest BCUT2D eigenvalue weighted by atomic mass is 35.5. The highest BCUT2D eigenvalue weighted by Gasteiger charge is 2.15. The molecule has 1 saturated heterocycles. The number of hydrogen-bond acceptors (Lipinski definition) is 4. The molecule has 0 aliphatic carbocycles. The monoisotopic (exact) mass is 314 g/mol. The van der Waals surface area contributed by atoms with E-state index in [1.54, 1.807) is 7.11 Å². The Morgan fingerprint density at radius 1 is 1.24 bits per heavy atom. The molecule has 21 heavy (non-hydrogen) atoms. The van der Waals surface area contributed by atoms with Crippen LogP contribution < -0.4 is 14.8 Å². The number of ether oxygens (including phenoxy) is 2. The lowest BCUT2D eigenvalue weighted by atomic mass is 10.3. The Bertz CT molecular complexity index is 435. The molecule has 0 atom stereocenters. The summed E-state index contributed by atoms with van der Waals surface area (Å²) in [6.07, 6.45) is 1.41. The molecule has 1 aliphatic heterocycles. The molecule has 6 heteroatoms. The molecule has 1 aromatic rings. The number of rotatable bonds is 5. The number of benzene rings is 1. The fraction of sp³-hybridized carbons (Fsp3) is 0.533. The Morgan fingerprint density at radius 2 is 2.00 bits per heavy atom. The molecule has 1 amide bonds. The summed E-state index contributed by atoms with van der Waals surface area (Å²) in [5.41, 5.74) is 0. The lowest BCUT2D eigenvalue weighted by Gasteiger charge is -2.20. The molecule has 1 aliphatic rings. The fourth-order valence-corrected chi connectivity index (χ4v) is 2.24. The van der Waals surface area contributed by atoms with E-state index in [2.05, 4.69) is 5.32 Å². The van der Waals surface area contributed by atoms with Crippen molar-refractivity contribution in [2.75, 3.05) is 39.9 Å². The van der Waals surface area contributed by atoms with Crippen LogP contribution in [0.3, 0.4) is 0 Å². The summed E-state index contributed by atoms with van der Waals surface area (Å²) in [4.78, 5) is 14.0. The van der Waals surface area contributed by atoms with Gasteiger partial charge in [-0.05, 0) is 25.1 Å². The first kappa shape index (κ1) is 17.6. The van der Waals surface area contributed by atoms with Crippen molar-refractivity contribution in [1.29, 1.82) is 0 Å². The summed E-state index contributed by atoms with van der Waals surface area (Å²) in [6, 6.07) is 7.47. The molecule has 1 fully saturated rings. The largest absolute Gasteiger partial charge is 0.493 e. The molecule has 0 aromatic heterocycles. The van der Waals surface area contributed by atoms with Crippen molar-refractivity contribution in [2.45, 2.75) is 12.8 Å². The summed E-state index contributed by atoms with van der Waals surface area (Å²) in [5, 5.41) is 3.29. The normalized spacial score (nSPS) is 14.8. The Labute approximate surface area is 132 Å². The minimum absolute atomic E-state index is 0. The van der Waals surface area contributed by atoms with Crippen molar-refractivity contribution in [1.82, 2.24) is 10.2 Å². The van der Waals surface area contributed by atoms with Crippen LogP contribution in [0.4, 0.5) is 0 Å². The number of halogens is 1. The maximum Gasteiger partial charge on any atom is 0.226 e. The van der Waals surface area contributed by atoms with E-state index in [4.69, 9.17) is 9.47 Å². The van der Waals surface area contributed by atoms with E-state index in [1.807, 2.05) is 29.2 Å². The van der Waals surface area contributed by atoms with Gasteiger partial charge in [0, 0.05) is 19.6 Å². The molecular weight excluding hydrogens is 292 g/mol. The lowest BCUT2D eigenvalue weighted by Crippen LogP contribution is -2.34. The van der Waals surface area contributed by atoms with Gasteiger partial charge in [0.1, 0.15) is 0 Å². The van der Waals surface area contributed by atoms with E-state index in [9.17, 15) is 4.79 Å². The SMILES string of the molecule is COc1ccccc1OCCC(=O)N1CCCNCC1.Cl. The van der Waals surface area contributed by atoms with Crippen molar-refractivity contribution >= 4 is 18.3 Å². The van der Waals surface area contributed by atoms with Gasteiger partial charge in [-0.15, -0.1) is 12.4 Å². The van der Waals surface area contributed by atoms with Crippen LogP contribution >= 0.6 is 12.4 Å². The van der Waals surface area contributed by atoms with Crippen molar-refractivity contribution in [3.63, 3.8) is 0 Å². The second-order valence-corrected chi connectivity index (χ2v) is 4.73. The Hall–Kier alpha value is -1.46. The number of nitrogens with zero attached hydrogens (tertiary/aromatic N) is 1. The zero-order chi connectivity index (χ0) is 14.2. The highest BCUT2D eigenvalue weighted by Crippen LogP contribution is 2.25. The Kier molecular flexibility index (Phi) is 7.93. The van der Waals surface area contributed by atoms with Crippen LogP contribution in [0.15, 0.2) is 24.3 Å². The second-order valence-electron chi connectivity index (χ2n) is 4.73. The highest BCUT2D eigenvalue weighted by molar-refractivity contribution is 5.85. The van der Waals surface area contributed by atoms with Gasteiger partial charge in [-0.3, -0.25) is 4.79 Å². The smallest absolute Gasteiger partial charge is 0.226 e. The summed E-state index contributed by atoms with van der Waals surface area (Å²) in [5.74, 6) is 1.53. The first-order valence-corrected chi connectivity index (χ1v) is 7.05. The van der Waals surface area contributed by atoms with Crippen LogP contribution in [0.25, 0.3) is 0 Å². The summed E-state index contributed by atoms with van der Waals surface area (Å²) in [7, 11) is 1.61. The van der Waals surface area contributed by atoms with Crippen LogP contribution in [0, 0.1) is 0 Å². The van der Waals surface area contributed by atoms with Crippen molar-refractivity contribution in [3.05, 3.63) is 24.3 Å². The molecule has 0 spiro atoms. The van der Waals surface area contributed by atoms with E-state index < -0.39 is 0 Å². The molecule has 2 rings (SSSR count). The van der Waals surface area contributed by atoms with Crippen LogP contribution in [-0.2, 0) is 4.79 Å². The number of hydrogen-bond donors (Lipinski definition) is 1. The third-order valence-corrected chi connectivity index (χ3v) is 3.34.